The predicted molar refractivity (Wildman–Crippen MR) is 86.5 cm³/mol. The van der Waals surface area contributed by atoms with Gasteiger partial charge >= 0.3 is 0 Å². The van der Waals surface area contributed by atoms with Gasteiger partial charge in [-0.15, -0.1) is 17.8 Å². The standard InChI is InChI=1S/C16H13N3OS/c1-4-10-8-21-16(18-10)13-7-12(17)11-5-6-14(20-3)9(2)15(11)19-13/h1,5-8H,2-3H3,(H2,17,19). The molecule has 0 unspecified atom stereocenters. The van der Waals surface area contributed by atoms with Crippen molar-refractivity contribution < 1.29 is 4.74 Å². The van der Waals surface area contributed by atoms with Gasteiger partial charge in [0.25, 0.3) is 0 Å². The molecule has 0 fully saturated rings. The van der Waals surface area contributed by atoms with Crippen molar-refractivity contribution >= 4 is 27.9 Å². The first-order valence-electron chi connectivity index (χ1n) is 6.30. The molecule has 0 saturated carbocycles. The second-order valence-corrected chi connectivity index (χ2v) is 5.43. The van der Waals surface area contributed by atoms with E-state index in [0.717, 1.165) is 32.9 Å². The van der Waals surface area contributed by atoms with Crippen LogP contribution in [0.25, 0.3) is 21.6 Å². The number of aryl methyl sites for hydroxylation is 1. The van der Waals surface area contributed by atoms with E-state index in [0.29, 0.717) is 11.4 Å². The smallest absolute Gasteiger partial charge is 0.143 e. The van der Waals surface area contributed by atoms with Crippen molar-refractivity contribution in [2.24, 2.45) is 0 Å². The first-order valence-corrected chi connectivity index (χ1v) is 7.18. The van der Waals surface area contributed by atoms with E-state index in [-0.39, 0.29) is 0 Å². The minimum absolute atomic E-state index is 0.609. The second-order valence-electron chi connectivity index (χ2n) is 4.57. The number of terminal acetylenes is 1. The number of nitrogens with two attached hydrogens (primary N) is 1. The molecule has 4 nitrogen and oxygen atoms in total. The van der Waals surface area contributed by atoms with Gasteiger partial charge in [0.05, 0.1) is 12.6 Å². The van der Waals surface area contributed by atoms with E-state index in [4.69, 9.17) is 16.9 Å². The zero-order chi connectivity index (χ0) is 15.0. The molecule has 1 aromatic carbocycles. The lowest BCUT2D eigenvalue weighted by Gasteiger charge is -2.10. The Balaban J connectivity index is 2.26. The van der Waals surface area contributed by atoms with Crippen LogP contribution in [0.2, 0.25) is 0 Å². The number of thiazole rings is 1. The summed E-state index contributed by atoms with van der Waals surface area (Å²) in [6.45, 7) is 1.96. The molecule has 2 aromatic heterocycles. The van der Waals surface area contributed by atoms with Gasteiger partial charge in [0.15, 0.2) is 0 Å². The fourth-order valence-electron chi connectivity index (χ4n) is 2.22. The molecule has 5 heteroatoms. The highest BCUT2D eigenvalue weighted by Gasteiger charge is 2.12. The number of aromatic nitrogens is 2. The molecule has 0 radical (unpaired) electrons. The number of hydrogen-bond acceptors (Lipinski definition) is 5. The Morgan fingerprint density at radius 1 is 1.33 bits per heavy atom. The number of rotatable bonds is 2. The maximum atomic E-state index is 6.15. The van der Waals surface area contributed by atoms with Crippen molar-refractivity contribution in [3.63, 3.8) is 0 Å². The van der Waals surface area contributed by atoms with Crippen LogP contribution >= 0.6 is 11.3 Å². The third-order valence-electron chi connectivity index (χ3n) is 3.31. The Bertz CT molecular complexity index is 877. The minimum atomic E-state index is 0.609. The van der Waals surface area contributed by atoms with Crippen LogP contribution in [0, 0.1) is 19.3 Å². The van der Waals surface area contributed by atoms with Crippen molar-refractivity contribution in [3.05, 3.63) is 34.8 Å². The molecule has 3 aromatic rings. The maximum Gasteiger partial charge on any atom is 0.143 e. The summed E-state index contributed by atoms with van der Waals surface area (Å²) in [5, 5.41) is 3.50. The van der Waals surface area contributed by atoms with Crippen molar-refractivity contribution in [2.45, 2.75) is 6.92 Å². The number of ether oxygens (including phenoxy) is 1. The topological polar surface area (TPSA) is 61.0 Å². The summed E-state index contributed by atoms with van der Waals surface area (Å²) < 4.78 is 5.34. The molecule has 0 spiro atoms. The van der Waals surface area contributed by atoms with Gasteiger partial charge in [0, 0.05) is 22.0 Å². The van der Waals surface area contributed by atoms with Crippen LogP contribution in [0.5, 0.6) is 5.75 Å². The fraction of sp³-hybridized carbons (Fsp3) is 0.125. The van der Waals surface area contributed by atoms with E-state index in [1.807, 2.05) is 30.5 Å². The van der Waals surface area contributed by atoms with Gasteiger partial charge in [-0.3, -0.25) is 0 Å². The van der Waals surface area contributed by atoms with Crippen LogP contribution in [0.1, 0.15) is 11.3 Å². The van der Waals surface area contributed by atoms with Gasteiger partial charge in [-0.2, -0.15) is 0 Å². The molecule has 104 valence electrons. The van der Waals surface area contributed by atoms with Crippen molar-refractivity contribution in [1.82, 2.24) is 9.97 Å². The molecule has 21 heavy (non-hydrogen) atoms. The van der Waals surface area contributed by atoms with Crippen LogP contribution in [-0.4, -0.2) is 17.1 Å². The van der Waals surface area contributed by atoms with Crippen LogP contribution in [-0.2, 0) is 0 Å². The average molecular weight is 295 g/mol. The molecule has 0 aliphatic heterocycles. The zero-order valence-electron chi connectivity index (χ0n) is 11.7. The van der Waals surface area contributed by atoms with Gasteiger partial charge in [0.1, 0.15) is 22.1 Å². The Labute approximate surface area is 126 Å². The summed E-state index contributed by atoms with van der Waals surface area (Å²) in [7, 11) is 1.64. The highest BCUT2D eigenvalue weighted by atomic mass is 32.1. The highest BCUT2D eigenvalue weighted by molar-refractivity contribution is 7.13. The number of anilines is 1. The fourth-order valence-corrected chi connectivity index (χ4v) is 2.95. The van der Waals surface area contributed by atoms with Crippen LogP contribution in [0.15, 0.2) is 23.6 Å². The SMILES string of the molecule is C#Cc1csc(-c2cc(N)c3ccc(OC)c(C)c3n2)n1. The van der Waals surface area contributed by atoms with Gasteiger partial charge in [-0.1, -0.05) is 0 Å². The molecule has 0 bridgehead atoms. The van der Waals surface area contributed by atoms with Gasteiger partial charge < -0.3 is 10.5 Å². The largest absolute Gasteiger partial charge is 0.496 e. The quantitative estimate of drug-likeness (QED) is 0.737. The predicted octanol–water partition coefficient (Wildman–Crippen LogP) is 3.24. The third-order valence-corrected chi connectivity index (χ3v) is 4.17. The summed E-state index contributed by atoms with van der Waals surface area (Å²) in [5.74, 6) is 3.31. The summed E-state index contributed by atoms with van der Waals surface area (Å²) in [6.07, 6.45) is 5.36. The maximum absolute atomic E-state index is 6.15. The molecule has 0 amide bonds. The summed E-state index contributed by atoms with van der Waals surface area (Å²) >= 11 is 1.46. The molecule has 3 rings (SSSR count). The Hall–Kier alpha value is -2.58. The lowest BCUT2D eigenvalue weighted by molar-refractivity contribution is 0.412. The molecule has 2 N–H and O–H groups in total. The second kappa shape index (κ2) is 5.08. The van der Waals surface area contributed by atoms with Crippen molar-refractivity contribution in [1.29, 1.82) is 0 Å². The van der Waals surface area contributed by atoms with Crippen LogP contribution in [0.3, 0.4) is 0 Å². The molecule has 2 heterocycles. The lowest BCUT2D eigenvalue weighted by atomic mass is 10.1. The molecule has 0 saturated heterocycles. The normalized spacial score (nSPS) is 10.5. The Morgan fingerprint density at radius 3 is 2.81 bits per heavy atom. The average Bonchev–Trinajstić information content (AvgIpc) is 2.97. The summed E-state index contributed by atoms with van der Waals surface area (Å²) in [6, 6.07) is 5.64. The first-order chi connectivity index (χ1) is 10.1. The highest BCUT2D eigenvalue weighted by Crippen LogP contribution is 2.33. The molecule has 0 atom stereocenters. The van der Waals surface area contributed by atoms with Crippen LogP contribution < -0.4 is 10.5 Å². The Kier molecular flexibility index (Phi) is 3.24. The minimum Gasteiger partial charge on any atom is -0.496 e. The van der Waals surface area contributed by atoms with E-state index < -0.39 is 0 Å². The Morgan fingerprint density at radius 2 is 2.14 bits per heavy atom. The third kappa shape index (κ3) is 2.20. The summed E-state index contributed by atoms with van der Waals surface area (Å²) in [4.78, 5) is 9.03. The molecule has 0 aliphatic rings. The monoisotopic (exact) mass is 295 g/mol. The summed E-state index contributed by atoms with van der Waals surface area (Å²) in [5.41, 5.74) is 9.93. The molecular formula is C16H13N3OS. The number of nitrogen functional groups attached to an aromatic ring is 1. The van der Waals surface area contributed by atoms with E-state index in [1.165, 1.54) is 11.3 Å². The number of fused-ring (bicyclic) bond motifs is 1. The van der Waals surface area contributed by atoms with Gasteiger partial charge in [-0.05, 0) is 31.0 Å². The van der Waals surface area contributed by atoms with Gasteiger partial charge in [-0.25, -0.2) is 9.97 Å². The van der Waals surface area contributed by atoms with E-state index >= 15 is 0 Å². The number of nitrogens with zero attached hydrogens (tertiary/aromatic N) is 2. The van der Waals surface area contributed by atoms with Gasteiger partial charge in [0.2, 0.25) is 0 Å². The number of hydrogen-bond donors (Lipinski definition) is 1. The van der Waals surface area contributed by atoms with E-state index in [2.05, 4.69) is 15.9 Å². The van der Waals surface area contributed by atoms with E-state index in [9.17, 15) is 0 Å². The van der Waals surface area contributed by atoms with Crippen LogP contribution in [0.4, 0.5) is 5.69 Å². The number of methoxy groups -OCH3 is 1. The first kappa shape index (κ1) is 13.4. The zero-order valence-corrected chi connectivity index (χ0v) is 12.5. The van der Waals surface area contributed by atoms with Crippen molar-refractivity contribution in [2.75, 3.05) is 12.8 Å². The van der Waals surface area contributed by atoms with Crippen molar-refractivity contribution in [3.8, 4) is 28.8 Å². The van der Waals surface area contributed by atoms with E-state index in [1.54, 1.807) is 7.11 Å². The molecular weight excluding hydrogens is 282 g/mol. The number of benzene rings is 1. The lowest BCUT2D eigenvalue weighted by Crippen LogP contribution is -1.96. The number of pyridine rings is 1. The molecule has 0 aliphatic carbocycles.